The van der Waals surface area contributed by atoms with Gasteiger partial charge in [0.05, 0.1) is 44.4 Å². The van der Waals surface area contributed by atoms with E-state index in [-0.39, 0.29) is 5.91 Å². The van der Waals surface area contributed by atoms with E-state index >= 15 is 0 Å². The summed E-state index contributed by atoms with van der Waals surface area (Å²) in [5, 5.41) is 2.98. The van der Waals surface area contributed by atoms with Gasteiger partial charge in [0.25, 0.3) is 5.91 Å². The summed E-state index contributed by atoms with van der Waals surface area (Å²) in [6.45, 7) is 3.32. The predicted octanol–water partition coefficient (Wildman–Crippen LogP) is 2.11. The van der Waals surface area contributed by atoms with Gasteiger partial charge in [0.15, 0.2) is 0 Å². The number of morpholine rings is 1. The number of hydrogen-bond donors (Lipinski definition) is 1. The van der Waals surface area contributed by atoms with Crippen molar-refractivity contribution in [1.29, 1.82) is 0 Å². The van der Waals surface area contributed by atoms with E-state index in [9.17, 15) is 4.79 Å². The Kier molecular flexibility index (Phi) is 4.93. The molecule has 0 bridgehead atoms. The average Bonchev–Trinajstić information content (AvgIpc) is 3.15. The van der Waals surface area contributed by atoms with Crippen molar-refractivity contribution in [3.05, 3.63) is 60.0 Å². The second-order valence-electron chi connectivity index (χ2n) is 6.35. The Bertz CT molecular complexity index is 947. The first-order chi connectivity index (χ1) is 13.3. The quantitative estimate of drug-likeness (QED) is 0.749. The lowest BCUT2D eigenvalue weighted by Crippen LogP contribution is -2.36. The molecule has 0 atom stereocenters. The van der Waals surface area contributed by atoms with Gasteiger partial charge in [-0.25, -0.2) is 4.98 Å². The lowest BCUT2D eigenvalue weighted by Gasteiger charge is -2.30. The van der Waals surface area contributed by atoms with Crippen LogP contribution in [0.3, 0.4) is 0 Å². The van der Waals surface area contributed by atoms with E-state index in [0.717, 1.165) is 35.9 Å². The third kappa shape index (κ3) is 3.59. The van der Waals surface area contributed by atoms with Crippen molar-refractivity contribution in [2.24, 2.45) is 0 Å². The summed E-state index contributed by atoms with van der Waals surface area (Å²) in [5.74, 6) is 0.633. The Morgan fingerprint density at radius 2 is 2.11 bits per heavy atom. The fraction of sp³-hybridized carbons (Fsp3) is 0.300. The number of benzene rings is 1. The van der Waals surface area contributed by atoms with Crippen molar-refractivity contribution < 1.29 is 14.3 Å². The maximum absolute atomic E-state index is 12.7. The molecule has 1 fully saturated rings. The monoisotopic (exact) mass is 366 g/mol. The Hall–Kier alpha value is -3.06. The highest BCUT2D eigenvalue weighted by molar-refractivity contribution is 5.95. The molecular weight excluding hydrogens is 344 g/mol. The molecule has 140 valence electrons. The van der Waals surface area contributed by atoms with E-state index in [2.05, 4.69) is 15.2 Å². The number of imidazole rings is 1. The lowest BCUT2D eigenvalue weighted by atomic mass is 10.1. The zero-order valence-corrected chi connectivity index (χ0v) is 15.2. The number of nitrogens with one attached hydrogen (secondary N) is 1. The van der Waals surface area contributed by atoms with E-state index in [0.29, 0.717) is 25.3 Å². The Labute approximate surface area is 157 Å². The van der Waals surface area contributed by atoms with Crippen molar-refractivity contribution >= 4 is 17.2 Å². The number of carbonyl (C=O) groups excluding carboxylic acids is 1. The van der Waals surface area contributed by atoms with Crippen LogP contribution in [0.4, 0.5) is 5.69 Å². The van der Waals surface area contributed by atoms with Crippen LogP contribution in [-0.4, -0.2) is 48.7 Å². The SMILES string of the molecule is COc1ccc(C(=O)NCc2cnc3ccccn23)cc1N1CCOCC1. The molecule has 0 radical (unpaired) electrons. The summed E-state index contributed by atoms with van der Waals surface area (Å²) in [6, 6.07) is 11.3. The van der Waals surface area contributed by atoms with Crippen LogP contribution in [0, 0.1) is 0 Å². The topological polar surface area (TPSA) is 68.1 Å². The molecule has 7 nitrogen and oxygen atoms in total. The largest absolute Gasteiger partial charge is 0.495 e. The Morgan fingerprint density at radius 1 is 1.26 bits per heavy atom. The molecule has 27 heavy (non-hydrogen) atoms. The Morgan fingerprint density at radius 3 is 2.93 bits per heavy atom. The van der Waals surface area contributed by atoms with Crippen molar-refractivity contribution in [2.75, 3.05) is 38.3 Å². The van der Waals surface area contributed by atoms with Crippen LogP contribution in [0.5, 0.6) is 5.75 Å². The van der Waals surface area contributed by atoms with Crippen LogP contribution < -0.4 is 15.0 Å². The second-order valence-corrected chi connectivity index (χ2v) is 6.35. The highest BCUT2D eigenvalue weighted by Gasteiger charge is 2.18. The molecule has 1 saturated heterocycles. The lowest BCUT2D eigenvalue weighted by molar-refractivity contribution is 0.0950. The number of fused-ring (bicyclic) bond motifs is 1. The second kappa shape index (κ2) is 7.67. The number of aromatic nitrogens is 2. The van der Waals surface area contributed by atoms with Crippen LogP contribution in [0.25, 0.3) is 5.65 Å². The van der Waals surface area contributed by atoms with Gasteiger partial charge in [-0.2, -0.15) is 0 Å². The van der Waals surface area contributed by atoms with Gasteiger partial charge in [-0.3, -0.25) is 4.79 Å². The minimum absolute atomic E-state index is 0.127. The molecule has 0 aliphatic carbocycles. The normalized spacial score (nSPS) is 14.3. The molecule has 1 aliphatic rings. The molecule has 0 unspecified atom stereocenters. The number of methoxy groups -OCH3 is 1. The van der Waals surface area contributed by atoms with Gasteiger partial charge in [-0.05, 0) is 30.3 Å². The highest BCUT2D eigenvalue weighted by Crippen LogP contribution is 2.30. The minimum atomic E-state index is -0.127. The molecule has 4 rings (SSSR count). The third-order valence-electron chi connectivity index (χ3n) is 4.72. The molecule has 0 spiro atoms. The van der Waals surface area contributed by atoms with E-state index < -0.39 is 0 Å². The van der Waals surface area contributed by atoms with Gasteiger partial charge in [-0.15, -0.1) is 0 Å². The van der Waals surface area contributed by atoms with Gasteiger partial charge in [0.2, 0.25) is 0 Å². The summed E-state index contributed by atoms with van der Waals surface area (Å²) >= 11 is 0. The van der Waals surface area contributed by atoms with Crippen LogP contribution in [0.2, 0.25) is 0 Å². The van der Waals surface area contributed by atoms with Crippen LogP contribution in [0.15, 0.2) is 48.8 Å². The maximum Gasteiger partial charge on any atom is 0.251 e. The van der Waals surface area contributed by atoms with E-state index in [1.807, 2.05) is 40.9 Å². The summed E-state index contributed by atoms with van der Waals surface area (Å²) in [6.07, 6.45) is 3.72. The number of carbonyl (C=O) groups is 1. The number of anilines is 1. The maximum atomic E-state index is 12.7. The zero-order chi connectivity index (χ0) is 18.6. The summed E-state index contributed by atoms with van der Waals surface area (Å²) in [7, 11) is 1.64. The first kappa shape index (κ1) is 17.4. The van der Waals surface area contributed by atoms with Crippen molar-refractivity contribution in [2.45, 2.75) is 6.54 Å². The van der Waals surface area contributed by atoms with Gasteiger partial charge in [0.1, 0.15) is 11.4 Å². The number of rotatable bonds is 5. The van der Waals surface area contributed by atoms with Crippen LogP contribution in [0.1, 0.15) is 16.1 Å². The first-order valence-electron chi connectivity index (χ1n) is 8.96. The van der Waals surface area contributed by atoms with Gasteiger partial charge < -0.3 is 24.1 Å². The molecule has 3 heterocycles. The molecule has 1 N–H and O–H groups in total. The van der Waals surface area contributed by atoms with Gasteiger partial charge in [0, 0.05) is 24.8 Å². The molecule has 1 amide bonds. The number of pyridine rings is 1. The molecule has 1 aliphatic heterocycles. The van der Waals surface area contributed by atoms with Crippen molar-refractivity contribution in [3.8, 4) is 5.75 Å². The number of amides is 1. The standard InChI is InChI=1S/C20H22N4O3/c1-26-18-6-5-15(12-17(18)23-8-10-27-11-9-23)20(25)22-14-16-13-21-19-4-2-3-7-24(16)19/h2-7,12-13H,8-11,14H2,1H3,(H,22,25). The van der Waals surface area contributed by atoms with E-state index in [1.165, 1.54) is 0 Å². The van der Waals surface area contributed by atoms with Crippen LogP contribution >= 0.6 is 0 Å². The molecule has 1 aromatic carbocycles. The summed E-state index contributed by atoms with van der Waals surface area (Å²) in [4.78, 5) is 19.2. The summed E-state index contributed by atoms with van der Waals surface area (Å²) in [5.41, 5.74) is 3.32. The van der Waals surface area contributed by atoms with Crippen molar-refractivity contribution in [3.63, 3.8) is 0 Å². The molecule has 3 aromatic rings. The van der Waals surface area contributed by atoms with Crippen LogP contribution in [-0.2, 0) is 11.3 Å². The zero-order valence-electron chi connectivity index (χ0n) is 15.2. The van der Waals surface area contributed by atoms with E-state index in [1.54, 1.807) is 19.4 Å². The molecule has 0 saturated carbocycles. The van der Waals surface area contributed by atoms with E-state index in [4.69, 9.17) is 9.47 Å². The number of ether oxygens (including phenoxy) is 2. The summed E-state index contributed by atoms with van der Waals surface area (Å²) < 4.78 is 12.9. The fourth-order valence-corrected chi connectivity index (χ4v) is 3.27. The molecular formula is C20H22N4O3. The average molecular weight is 366 g/mol. The number of nitrogens with zero attached hydrogens (tertiary/aromatic N) is 3. The minimum Gasteiger partial charge on any atom is -0.495 e. The molecule has 7 heteroatoms. The predicted molar refractivity (Wildman–Crippen MR) is 102 cm³/mol. The molecule has 2 aromatic heterocycles. The smallest absolute Gasteiger partial charge is 0.251 e. The van der Waals surface area contributed by atoms with Gasteiger partial charge in [-0.1, -0.05) is 6.07 Å². The Balaban J connectivity index is 1.51. The highest BCUT2D eigenvalue weighted by atomic mass is 16.5. The first-order valence-corrected chi connectivity index (χ1v) is 8.96. The van der Waals surface area contributed by atoms with Crippen molar-refractivity contribution in [1.82, 2.24) is 14.7 Å². The third-order valence-corrected chi connectivity index (χ3v) is 4.72. The fourth-order valence-electron chi connectivity index (χ4n) is 3.27. The number of hydrogen-bond acceptors (Lipinski definition) is 5. The van der Waals surface area contributed by atoms with Gasteiger partial charge >= 0.3 is 0 Å².